The minimum absolute atomic E-state index is 0.0730. The second kappa shape index (κ2) is 6.80. The van der Waals surface area contributed by atoms with Crippen molar-refractivity contribution in [2.75, 3.05) is 11.4 Å². The monoisotopic (exact) mass is 368 g/mol. The van der Waals surface area contributed by atoms with E-state index in [9.17, 15) is 9.59 Å². The SMILES string of the molecule is O=C(NCc1nc2ccccc2[nH]1)C1CC(=O)N(c2cccc(Cl)c2)C1. The number of anilines is 1. The number of fused-ring (bicyclic) bond motifs is 1. The van der Waals surface area contributed by atoms with Gasteiger partial charge in [0.2, 0.25) is 11.8 Å². The summed E-state index contributed by atoms with van der Waals surface area (Å²) in [5, 5.41) is 3.43. The molecule has 1 fully saturated rings. The van der Waals surface area contributed by atoms with Gasteiger partial charge in [-0.25, -0.2) is 4.98 Å². The van der Waals surface area contributed by atoms with E-state index < -0.39 is 0 Å². The Morgan fingerprint density at radius 3 is 2.92 bits per heavy atom. The average molecular weight is 369 g/mol. The lowest BCUT2D eigenvalue weighted by molar-refractivity contribution is -0.126. The highest BCUT2D eigenvalue weighted by Gasteiger charge is 2.35. The number of aromatic nitrogens is 2. The van der Waals surface area contributed by atoms with Gasteiger partial charge in [0.1, 0.15) is 5.82 Å². The van der Waals surface area contributed by atoms with Crippen LogP contribution < -0.4 is 10.2 Å². The number of hydrogen-bond donors (Lipinski definition) is 2. The lowest BCUT2D eigenvalue weighted by Gasteiger charge is -2.16. The third-order valence-corrected chi connectivity index (χ3v) is 4.72. The summed E-state index contributed by atoms with van der Waals surface area (Å²) in [6, 6.07) is 14.8. The molecule has 26 heavy (non-hydrogen) atoms. The van der Waals surface area contributed by atoms with Crippen LogP contribution in [0.1, 0.15) is 12.2 Å². The first-order valence-corrected chi connectivity index (χ1v) is 8.75. The van der Waals surface area contributed by atoms with Crippen LogP contribution in [0.15, 0.2) is 48.5 Å². The van der Waals surface area contributed by atoms with Gasteiger partial charge in [-0.2, -0.15) is 0 Å². The van der Waals surface area contributed by atoms with Crippen molar-refractivity contribution >= 4 is 40.1 Å². The number of nitrogens with zero attached hydrogens (tertiary/aromatic N) is 2. The number of aromatic amines is 1. The van der Waals surface area contributed by atoms with Crippen molar-refractivity contribution in [2.24, 2.45) is 5.92 Å². The Morgan fingerprint density at radius 2 is 2.12 bits per heavy atom. The fourth-order valence-electron chi connectivity index (χ4n) is 3.18. The maximum atomic E-state index is 12.5. The second-order valence-corrected chi connectivity index (χ2v) is 6.74. The summed E-state index contributed by atoms with van der Waals surface area (Å²) in [6.07, 6.45) is 0.193. The van der Waals surface area contributed by atoms with Crippen LogP contribution in [0.3, 0.4) is 0 Å². The van der Waals surface area contributed by atoms with Crippen molar-refractivity contribution in [2.45, 2.75) is 13.0 Å². The topological polar surface area (TPSA) is 78.1 Å². The van der Waals surface area contributed by atoms with Crippen molar-refractivity contribution in [1.82, 2.24) is 15.3 Å². The summed E-state index contributed by atoms with van der Waals surface area (Å²) < 4.78 is 0. The number of imidazole rings is 1. The van der Waals surface area contributed by atoms with Crippen molar-refractivity contribution in [3.05, 3.63) is 59.4 Å². The van der Waals surface area contributed by atoms with E-state index in [-0.39, 0.29) is 24.2 Å². The zero-order valence-electron chi connectivity index (χ0n) is 13.9. The first-order chi connectivity index (χ1) is 12.6. The lowest BCUT2D eigenvalue weighted by Crippen LogP contribution is -2.32. The largest absolute Gasteiger partial charge is 0.349 e. The summed E-state index contributed by atoms with van der Waals surface area (Å²) in [7, 11) is 0. The highest BCUT2D eigenvalue weighted by atomic mass is 35.5. The molecule has 2 heterocycles. The van der Waals surface area contributed by atoms with Crippen LogP contribution in [-0.2, 0) is 16.1 Å². The van der Waals surface area contributed by atoms with Crippen molar-refractivity contribution < 1.29 is 9.59 Å². The number of nitrogens with one attached hydrogen (secondary N) is 2. The molecule has 132 valence electrons. The minimum Gasteiger partial charge on any atom is -0.349 e. The molecule has 6 nitrogen and oxygen atoms in total. The van der Waals surface area contributed by atoms with Gasteiger partial charge in [0.05, 0.1) is 23.5 Å². The molecule has 1 atom stereocenters. The zero-order chi connectivity index (χ0) is 18.1. The molecule has 3 aromatic rings. The van der Waals surface area contributed by atoms with E-state index in [1.807, 2.05) is 30.3 Å². The molecule has 0 bridgehead atoms. The van der Waals surface area contributed by atoms with Crippen molar-refractivity contribution in [3.63, 3.8) is 0 Å². The molecule has 1 aromatic heterocycles. The van der Waals surface area contributed by atoms with E-state index in [2.05, 4.69) is 15.3 Å². The van der Waals surface area contributed by atoms with Gasteiger partial charge in [-0.3, -0.25) is 9.59 Å². The molecular weight excluding hydrogens is 352 g/mol. The summed E-state index contributed by atoms with van der Waals surface area (Å²) in [5.41, 5.74) is 2.51. The van der Waals surface area contributed by atoms with E-state index in [1.165, 1.54) is 0 Å². The molecule has 0 radical (unpaired) electrons. The molecule has 0 aliphatic carbocycles. The van der Waals surface area contributed by atoms with E-state index in [0.717, 1.165) is 16.7 Å². The van der Waals surface area contributed by atoms with E-state index >= 15 is 0 Å². The van der Waals surface area contributed by atoms with Crippen LogP contribution in [0, 0.1) is 5.92 Å². The Balaban J connectivity index is 1.40. The number of para-hydroxylation sites is 2. The standard InChI is InChI=1S/C19H17ClN4O2/c20-13-4-3-5-14(9-13)24-11-12(8-18(24)25)19(26)21-10-17-22-15-6-1-2-7-16(15)23-17/h1-7,9,12H,8,10-11H2,(H,21,26)(H,22,23). The fraction of sp³-hybridized carbons (Fsp3) is 0.211. The molecule has 1 aliphatic heterocycles. The molecule has 1 unspecified atom stereocenters. The van der Waals surface area contributed by atoms with Gasteiger partial charge < -0.3 is 15.2 Å². The van der Waals surface area contributed by atoms with Crippen LogP contribution in [-0.4, -0.2) is 28.3 Å². The van der Waals surface area contributed by atoms with Crippen LogP contribution in [0.25, 0.3) is 11.0 Å². The quantitative estimate of drug-likeness (QED) is 0.743. The molecule has 2 N–H and O–H groups in total. The number of rotatable bonds is 4. The maximum Gasteiger partial charge on any atom is 0.227 e. The molecule has 2 amide bonds. The second-order valence-electron chi connectivity index (χ2n) is 6.30. The number of halogens is 1. The number of carbonyl (C=O) groups excluding carboxylic acids is 2. The molecular formula is C19H17ClN4O2. The van der Waals surface area contributed by atoms with Crippen LogP contribution in [0.5, 0.6) is 0 Å². The molecule has 4 rings (SSSR count). The molecule has 2 aromatic carbocycles. The van der Waals surface area contributed by atoms with Gasteiger partial charge in [-0.1, -0.05) is 29.8 Å². The number of carbonyl (C=O) groups is 2. The molecule has 1 aliphatic rings. The Kier molecular flexibility index (Phi) is 4.34. The van der Waals surface area contributed by atoms with Crippen molar-refractivity contribution in [1.29, 1.82) is 0 Å². The summed E-state index contributed by atoms with van der Waals surface area (Å²) in [5.74, 6) is 0.0842. The molecule has 7 heteroatoms. The lowest BCUT2D eigenvalue weighted by atomic mass is 10.1. The first-order valence-electron chi connectivity index (χ1n) is 8.37. The Morgan fingerprint density at radius 1 is 1.27 bits per heavy atom. The van der Waals surface area contributed by atoms with Gasteiger partial charge in [0.15, 0.2) is 0 Å². The van der Waals surface area contributed by atoms with E-state index in [1.54, 1.807) is 23.1 Å². The number of H-pyrrole nitrogens is 1. The minimum atomic E-state index is -0.383. The molecule has 0 spiro atoms. The smallest absolute Gasteiger partial charge is 0.227 e. The number of benzene rings is 2. The number of amides is 2. The summed E-state index contributed by atoms with van der Waals surface area (Å²) in [4.78, 5) is 34.0. The summed E-state index contributed by atoms with van der Waals surface area (Å²) in [6.45, 7) is 0.653. The summed E-state index contributed by atoms with van der Waals surface area (Å²) >= 11 is 5.99. The fourth-order valence-corrected chi connectivity index (χ4v) is 3.37. The number of hydrogen-bond acceptors (Lipinski definition) is 3. The maximum absolute atomic E-state index is 12.5. The van der Waals surface area contributed by atoms with Gasteiger partial charge in [0, 0.05) is 23.7 Å². The van der Waals surface area contributed by atoms with Gasteiger partial charge in [0.25, 0.3) is 0 Å². The first kappa shape index (κ1) is 16.6. The Hall–Kier alpha value is -2.86. The van der Waals surface area contributed by atoms with Crippen molar-refractivity contribution in [3.8, 4) is 0 Å². The Labute approximate surface area is 155 Å². The highest BCUT2D eigenvalue weighted by molar-refractivity contribution is 6.31. The highest BCUT2D eigenvalue weighted by Crippen LogP contribution is 2.27. The predicted octanol–water partition coefficient (Wildman–Crippen LogP) is 2.89. The van der Waals surface area contributed by atoms with E-state index in [0.29, 0.717) is 23.9 Å². The zero-order valence-corrected chi connectivity index (χ0v) is 14.7. The van der Waals surface area contributed by atoms with E-state index in [4.69, 9.17) is 11.6 Å². The average Bonchev–Trinajstić information content (AvgIpc) is 3.22. The third kappa shape index (κ3) is 3.28. The normalized spacial score (nSPS) is 17.0. The third-order valence-electron chi connectivity index (χ3n) is 4.48. The van der Waals surface area contributed by atoms with Gasteiger partial charge in [-0.15, -0.1) is 0 Å². The van der Waals surface area contributed by atoms with Crippen LogP contribution in [0.2, 0.25) is 5.02 Å². The van der Waals surface area contributed by atoms with Gasteiger partial charge in [-0.05, 0) is 30.3 Å². The molecule has 0 saturated carbocycles. The Bertz CT molecular complexity index is 951. The predicted molar refractivity (Wildman–Crippen MR) is 99.9 cm³/mol. The van der Waals surface area contributed by atoms with Crippen LogP contribution in [0.4, 0.5) is 5.69 Å². The van der Waals surface area contributed by atoms with Crippen LogP contribution >= 0.6 is 11.6 Å². The van der Waals surface area contributed by atoms with Gasteiger partial charge >= 0.3 is 0 Å². The molecule has 1 saturated heterocycles.